The van der Waals surface area contributed by atoms with E-state index >= 15 is 0 Å². The molecule has 1 nitrogen and oxygen atoms in total. The monoisotopic (exact) mass is 573 g/mol. The summed E-state index contributed by atoms with van der Waals surface area (Å²) in [5.74, 6) is 0. The second-order valence-corrected chi connectivity index (χ2v) is 12.6. The van der Waals surface area contributed by atoms with Crippen molar-refractivity contribution < 1.29 is 0 Å². The lowest BCUT2D eigenvalue weighted by molar-refractivity contribution is 1.18. The molecule has 202 valence electrons. The van der Waals surface area contributed by atoms with Gasteiger partial charge in [0, 0.05) is 42.0 Å². The Morgan fingerprint density at radius 1 is 0.477 bits per heavy atom. The van der Waals surface area contributed by atoms with Gasteiger partial charge in [-0.1, -0.05) is 103 Å². The van der Waals surface area contributed by atoms with Crippen molar-refractivity contribution in [3.63, 3.8) is 0 Å². The smallest absolute Gasteiger partial charge is 0.0555 e. The molecule has 0 unspecified atom stereocenters. The predicted octanol–water partition coefficient (Wildman–Crippen LogP) is 11.9. The van der Waals surface area contributed by atoms with Gasteiger partial charge in [0.1, 0.15) is 0 Å². The average molecular weight is 574 g/mol. The van der Waals surface area contributed by atoms with E-state index < -0.39 is 0 Å². The third-order valence-corrected chi connectivity index (χ3v) is 10.4. The molecule has 0 N–H and O–H groups in total. The lowest BCUT2D eigenvalue weighted by Crippen LogP contribution is -1.93. The van der Waals surface area contributed by atoms with Crippen LogP contribution < -0.4 is 0 Å². The number of nitrogens with zero attached hydrogens (tertiary/aromatic N) is 1. The van der Waals surface area contributed by atoms with Crippen molar-refractivity contribution in [2.45, 2.75) is 0 Å². The van der Waals surface area contributed by atoms with Crippen LogP contribution in [0.4, 0.5) is 0 Å². The average Bonchev–Trinajstić information content (AvgIpc) is 3.64. The summed E-state index contributed by atoms with van der Waals surface area (Å²) in [4.78, 5) is 0. The summed E-state index contributed by atoms with van der Waals surface area (Å²) in [7, 11) is 0. The second kappa shape index (κ2) is 8.94. The first-order valence-electron chi connectivity index (χ1n) is 14.9. The van der Waals surface area contributed by atoms with E-state index in [0.29, 0.717) is 0 Å². The van der Waals surface area contributed by atoms with Crippen LogP contribution in [0.5, 0.6) is 0 Å². The van der Waals surface area contributed by atoms with Gasteiger partial charge in [-0.05, 0) is 86.6 Å². The molecule has 0 fully saturated rings. The molecular weight excluding hydrogens is 551 g/mol. The summed E-state index contributed by atoms with van der Waals surface area (Å²) in [5, 5.41) is 12.7. The molecule has 2 heteroatoms. The fourth-order valence-electron chi connectivity index (χ4n) is 7.26. The van der Waals surface area contributed by atoms with E-state index in [9.17, 15) is 0 Å². The molecule has 44 heavy (non-hydrogen) atoms. The van der Waals surface area contributed by atoms with Crippen molar-refractivity contribution in [1.29, 1.82) is 0 Å². The lowest BCUT2D eigenvalue weighted by Gasteiger charge is -2.12. The maximum Gasteiger partial charge on any atom is 0.0555 e. The minimum Gasteiger partial charge on any atom is -0.309 e. The Labute approximate surface area is 257 Å². The third-order valence-electron chi connectivity index (χ3n) is 9.24. The molecule has 0 aliphatic rings. The first kappa shape index (κ1) is 23.9. The Morgan fingerprint density at radius 2 is 1.16 bits per heavy atom. The van der Waals surface area contributed by atoms with Crippen LogP contribution in [0, 0.1) is 12.1 Å². The Kier molecular flexibility index (Phi) is 4.86. The molecule has 10 rings (SSSR count). The van der Waals surface area contributed by atoms with Gasteiger partial charge in [-0.25, -0.2) is 0 Å². The normalized spacial score (nSPS) is 11.9. The zero-order valence-corrected chi connectivity index (χ0v) is 24.5. The minimum atomic E-state index is 1.13. The van der Waals surface area contributed by atoms with Gasteiger partial charge in [0.25, 0.3) is 0 Å². The van der Waals surface area contributed by atoms with Crippen LogP contribution in [0.1, 0.15) is 0 Å². The van der Waals surface area contributed by atoms with Crippen LogP contribution in [0.15, 0.2) is 140 Å². The number of fused-ring (bicyclic) bond motifs is 13. The Hall–Kier alpha value is -5.62. The summed E-state index contributed by atoms with van der Waals surface area (Å²) < 4.78 is 5.12. The van der Waals surface area contributed by atoms with E-state index in [2.05, 4.69) is 150 Å². The van der Waals surface area contributed by atoms with Gasteiger partial charge in [-0.15, -0.1) is 11.3 Å². The highest BCUT2D eigenvalue weighted by Gasteiger charge is 2.17. The minimum absolute atomic E-state index is 1.13. The number of hydrogen-bond donors (Lipinski definition) is 0. The van der Waals surface area contributed by atoms with Crippen LogP contribution in [0.2, 0.25) is 0 Å². The van der Waals surface area contributed by atoms with Crippen LogP contribution >= 0.6 is 11.3 Å². The van der Waals surface area contributed by atoms with E-state index in [4.69, 9.17) is 0 Å². The summed E-state index contributed by atoms with van der Waals surface area (Å²) in [6.07, 6.45) is 0. The first-order chi connectivity index (χ1) is 21.8. The van der Waals surface area contributed by atoms with Gasteiger partial charge in [-0.3, -0.25) is 0 Å². The number of para-hydroxylation sites is 1. The van der Waals surface area contributed by atoms with E-state index in [1.54, 1.807) is 0 Å². The summed E-state index contributed by atoms with van der Waals surface area (Å²) in [5.41, 5.74) is 6.08. The van der Waals surface area contributed by atoms with E-state index in [0.717, 1.165) is 5.39 Å². The number of hydrogen-bond acceptors (Lipinski definition) is 1. The molecule has 0 aliphatic heterocycles. The number of rotatable bonds is 2. The molecule has 2 aromatic heterocycles. The first-order valence-corrected chi connectivity index (χ1v) is 15.8. The molecule has 0 bridgehead atoms. The lowest BCUT2D eigenvalue weighted by atomic mass is 9.92. The van der Waals surface area contributed by atoms with Gasteiger partial charge in [0.05, 0.1) is 11.0 Å². The van der Waals surface area contributed by atoms with Crippen molar-refractivity contribution >= 4 is 85.6 Å². The SMILES string of the molecule is c1ccc2c(c#1)c1ccccc1c1cc(-c3ccc(-n4c5ccccc5c5c6sc7ccccc7c6ccc54)cc3)ccc21. The molecule has 2 heterocycles. The summed E-state index contributed by atoms with van der Waals surface area (Å²) in [6, 6.07) is 57.4. The number of thiophene rings is 1. The Balaban J connectivity index is 1.16. The molecule has 0 radical (unpaired) electrons. The molecule has 0 amide bonds. The van der Waals surface area contributed by atoms with Crippen LogP contribution in [-0.4, -0.2) is 4.57 Å². The Bertz CT molecular complexity index is 2720. The van der Waals surface area contributed by atoms with Crippen molar-refractivity contribution in [1.82, 2.24) is 4.57 Å². The maximum absolute atomic E-state index is 3.37. The number of aromatic nitrogens is 1. The fourth-order valence-corrected chi connectivity index (χ4v) is 8.52. The molecule has 10 aromatic rings. The fraction of sp³-hybridized carbons (Fsp3) is 0. The number of benzene rings is 7. The third kappa shape index (κ3) is 3.25. The highest BCUT2D eigenvalue weighted by atomic mass is 32.1. The van der Waals surface area contributed by atoms with E-state index in [-0.39, 0.29) is 0 Å². The molecular formula is C42H23NS. The van der Waals surface area contributed by atoms with Crippen LogP contribution in [0.25, 0.3) is 91.1 Å². The standard InChI is InChI=1S/C42H23NS/c1-2-11-31-29(9-1)30-10-3-4-12-32(30)37-25-27(19-22-33(31)37)26-17-20-28(21-18-26)43-38-15-7-5-14-36(38)41-39(43)24-23-35-34-13-6-8-16-40(34)44-42(35)41/h2-8,10-25H. The van der Waals surface area contributed by atoms with Gasteiger partial charge < -0.3 is 4.57 Å². The van der Waals surface area contributed by atoms with E-state index in [1.807, 2.05) is 17.4 Å². The highest BCUT2D eigenvalue weighted by Crippen LogP contribution is 2.43. The van der Waals surface area contributed by atoms with Crippen molar-refractivity contribution in [3.8, 4) is 16.8 Å². The summed E-state index contributed by atoms with van der Waals surface area (Å²) >= 11 is 1.90. The van der Waals surface area contributed by atoms with Crippen molar-refractivity contribution in [3.05, 3.63) is 152 Å². The topological polar surface area (TPSA) is 4.93 Å². The van der Waals surface area contributed by atoms with Crippen LogP contribution in [0.3, 0.4) is 0 Å². The van der Waals surface area contributed by atoms with Crippen molar-refractivity contribution in [2.24, 2.45) is 0 Å². The highest BCUT2D eigenvalue weighted by molar-refractivity contribution is 7.26. The Morgan fingerprint density at radius 3 is 2.05 bits per heavy atom. The van der Waals surface area contributed by atoms with Gasteiger partial charge >= 0.3 is 0 Å². The zero-order chi connectivity index (χ0) is 28.8. The molecule has 0 saturated carbocycles. The van der Waals surface area contributed by atoms with Gasteiger partial charge in [0.2, 0.25) is 0 Å². The molecule has 0 saturated heterocycles. The van der Waals surface area contributed by atoms with Gasteiger partial charge in [-0.2, -0.15) is 0 Å². The van der Waals surface area contributed by atoms with Crippen molar-refractivity contribution in [2.75, 3.05) is 0 Å². The zero-order valence-electron chi connectivity index (χ0n) is 23.6. The maximum atomic E-state index is 3.37. The largest absolute Gasteiger partial charge is 0.309 e. The van der Waals surface area contributed by atoms with Crippen LogP contribution in [-0.2, 0) is 0 Å². The predicted molar refractivity (Wildman–Crippen MR) is 189 cm³/mol. The summed E-state index contributed by atoms with van der Waals surface area (Å²) in [6.45, 7) is 0. The molecule has 0 aliphatic carbocycles. The molecule has 0 spiro atoms. The second-order valence-electron chi connectivity index (χ2n) is 11.5. The van der Waals surface area contributed by atoms with E-state index in [1.165, 1.54) is 85.7 Å². The molecule has 8 aromatic carbocycles. The van der Waals surface area contributed by atoms with Gasteiger partial charge in [0.15, 0.2) is 0 Å². The molecule has 0 atom stereocenters. The quantitative estimate of drug-likeness (QED) is 0.181.